The zero-order valence-corrected chi connectivity index (χ0v) is 21.2. The molecule has 3 aromatic rings. The van der Waals surface area contributed by atoms with Crippen LogP contribution in [0.2, 0.25) is 0 Å². The van der Waals surface area contributed by atoms with E-state index in [0.29, 0.717) is 23.5 Å². The maximum atomic E-state index is 12.9. The van der Waals surface area contributed by atoms with Crippen molar-refractivity contribution >= 4 is 40.0 Å². The van der Waals surface area contributed by atoms with Crippen LogP contribution >= 0.6 is 0 Å². The van der Waals surface area contributed by atoms with Gasteiger partial charge in [0.25, 0.3) is 5.91 Å². The van der Waals surface area contributed by atoms with Crippen molar-refractivity contribution in [3.05, 3.63) is 71.9 Å². The highest BCUT2D eigenvalue weighted by atomic mass is 16.3. The van der Waals surface area contributed by atoms with E-state index in [1.807, 2.05) is 30.5 Å². The number of rotatable bonds is 8. The monoisotopic (exact) mass is 516 g/mol. The Morgan fingerprint density at radius 1 is 1.26 bits per heavy atom. The summed E-state index contributed by atoms with van der Waals surface area (Å²) < 4.78 is 0. The van der Waals surface area contributed by atoms with Crippen molar-refractivity contribution in [1.29, 1.82) is 0 Å². The molecule has 3 heterocycles. The Balaban J connectivity index is 1.28. The van der Waals surface area contributed by atoms with E-state index in [0.717, 1.165) is 29.3 Å². The van der Waals surface area contributed by atoms with Crippen LogP contribution in [0.4, 0.5) is 11.4 Å². The Hall–Kier alpha value is -3.95. The minimum atomic E-state index is -1.85. The number of carbonyl (C=O) groups excluding carboxylic acids is 3. The molecule has 0 spiro atoms. The lowest BCUT2D eigenvalue weighted by Gasteiger charge is -2.26. The van der Waals surface area contributed by atoms with Crippen LogP contribution < -0.4 is 10.6 Å². The minimum Gasteiger partial charge on any atom is -0.394 e. The molecular weight excluding hydrogens is 484 g/mol. The summed E-state index contributed by atoms with van der Waals surface area (Å²) in [5.74, 6) is -1.50. The number of anilines is 2. The second-order valence-electron chi connectivity index (χ2n) is 10.1. The molecular formula is C29H32N4O5. The van der Waals surface area contributed by atoms with Crippen molar-refractivity contribution in [1.82, 2.24) is 9.88 Å². The van der Waals surface area contributed by atoms with E-state index in [4.69, 9.17) is 0 Å². The molecule has 5 N–H and O–H groups in total. The molecule has 0 radical (unpaired) electrons. The van der Waals surface area contributed by atoms with Crippen LogP contribution in [0.3, 0.4) is 0 Å². The number of carbonyl (C=O) groups is 3. The molecule has 2 aromatic carbocycles. The number of hydrogen-bond acceptors (Lipinski definition) is 5. The van der Waals surface area contributed by atoms with E-state index in [9.17, 15) is 24.6 Å². The number of nitrogens with one attached hydrogen (secondary N) is 3. The lowest BCUT2D eigenvalue weighted by atomic mass is 9.82. The standard InChI is InChI=1S/C29H32N4O5/c1-18(6-4-10-27(36)33-13-5-7-21(33)17-34)29(38)23-15-20(11-12-25(23)32-28(29)37)31-26(35)14-19-16-30-24-9-3-2-8-22(19)24/h2-4,6,8-9,11-12,15-16,18,21,30,34,38H,5,7,10,13-14,17H2,1H3,(H,31,35)(H,32,37)/b6-4+/t18-,21-,29+/m0/s1. The Morgan fingerprint density at radius 3 is 2.89 bits per heavy atom. The molecule has 38 heavy (non-hydrogen) atoms. The first-order valence-electron chi connectivity index (χ1n) is 12.9. The molecule has 9 nitrogen and oxygen atoms in total. The van der Waals surface area contributed by atoms with Gasteiger partial charge in [-0.15, -0.1) is 0 Å². The van der Waals surface area contributed by atoms with Crippen molar-refractivity contribution in [3.8, 4) is 0 Å². The molecule has 9 heteroatoms. The summed E-state index contributed by atoms with van der Waals surface area (Å²) in [6, 6.07) is 12.6. The van der Waals surface area contributed by atoms with Gasteiger partial charge in [0.2, 0.25) is 11.8 Å². The van der Waals surface area contributed by atoms with Crippen LogP contribution in [-0.2, 0) is 26.4 Å². The highest BCUT2D eigenvalue weighted by Gasteiger charge is 2.48. The molecule has 1 aromatic heterocycles. The number of amides is 3. The number of aliphatic hydroxyl groups excluding tert-OH is 1. The van der Waals surface area contributed by atoms with Gasteiger partial charge in [-0.3, -0.25) is 14.4 Å². The van der Waals surface area contributed by atoms with E-state index >= 15 is 0 Å². The Bertz CT molecular complexity index is 1410. The fraction of sp³-hybridized carbons (Fsp3) is 0.345. The van der Waals surface area contributed by atoms with Gasteiger partial charge in [0.05, 0.1) is 19.1 Å². The van der Waals surface area contributed by atoms with Gasteiger partial charge in [-0.2, -0.15) is 0 Å². The number of para-hydroxylation sites is 1. The molecule has 0 aliphatic carbocycles. The van der Waals surface area contributed by atoms with Gasteiger partial charge < -0.3 is 30.7 Å². The summed E-state index contributed by atoms with van der Waals surface area (Å²) in [4.78, 5) is 43.1. The molecule has 0 unspecified atom stereocenters. The number of hydrogen-bond donors (Lipinski definition) is 5. The summed E-state index contributed by atoms with van der Waals surface area (Å²) in [5.41, 5.74) is 1.30. The normalized spacial score (nSPS) is 21.6. The fourth-order valence-electron chi connectivity index (χ4n) is 5.48. The summed E-state index contributed by atoms with van der Waals surface area (Å²) in [5, 5.41) is 27.6. The Labute approximate surface area is 220 Å². The number of aromatic amines is 1. The number of likely N-dealkylation sites (tertiary alicyclic amines) is 1. The number of aliphatic hydroxyl groups is 2. The van der Waals surface area contributed by atoms with E-state index in [-0.39, 0.29) is 37.3 Å². The van der Waals surface area contributed by atoms with E-state index in [1.165, 1.54) is 0 Å². The second kappa shape index (κ2) is 10.4. The molecule has 2 aliphatic heterocycles. The Kier molecular flexibility index (Phi) is 7.05. The van der Waals surface area contributed by atoms with Gasteiger partial charge in [0.1, 0.15) is 0 Å². The zero-order valence-electron chi connectivity index (χ0n) is 21.2. The molecule has 0 bridgehead atoms. The van der Waals surface area contributed by atoms with Gasteiger partial charge in [-0.25, -0.2) is 0 Å². The molecule has 1 fully saturated rings. The summed E-state index contributed by atoms with van der Waals surface area (Å²) in [7, 11) is 0. The third-order valence-corrected chi connectivity index (χ3v) is 7.62. The molecule has 1 saturated heterocycles. The smallest absolute Gasteiger partial charge is 0.261 e. The van der Waals surface area contributed by atoms with E-state index in [1.54, 1.807) is 42.2 Å². The average Bonchev–Trinajstić information content (AvgIpc) is 3.61. The van der Waals surface area contributed by atoms with E-state index < -0.39 is 17.4 Å². The fourth-order valence-corrected chi connectivity index (χ4v) is 5.48. The van der Waals surface area contributed by atoms with Crippen LogP contribution in [-0.4, -0.2) is 57.0 Å². The predicted molar refractivity (Wildman–Crippen MR) is 144 cm³/mol. The first-order valence-corrected chi connectivity index (χ1v) is 12.9. The van der Waals surface area contributed by atoms with Gasteiger partial charge in [0, 0.05) is 52.9 Å². The van der Waals surface area contributed by atoms with Crippen LogP contribution in [0, 0.1) is 5.92 Å². The number of fused-ring (bicyclic) bond motifs is 2. The predicted octanol–water partition coefficient (Wildman–Crippen LogP) is 3.05. The molecule has 2 aliphatic rings. The van der Waals surface area contributed by atoms with Crippen molar-refractivity contribution in [2.75, 3.05) is 23.8 Å². The topological polar surface area (TPSA) is 135 Å². The third kappa shape index (κ3) is 4.70. The number of nitrogens with zero attached hydrogens (tertiary/aromatic N) is 1. The molecule has 3 atom stereocenters. The highest BCUT2D eigenvalue weighted by Crippen LogP contribution is 2.43. The van der Waals surface area contributed by atoms with Gasteiger partial charge in [0.15, 0.2) is 5.60 Å². The number of benzene rings is 2. The van der Waals surface area contributed by atoms with Crippen molar-refractivity contribution in [2.24, 2.45) is 5.92 Å². The molecule has 3 amide bonds. The summed E-state index contributed by atoms with van der Waals surface area (Å²) in [6.07, 6.45) is 7.10. The maximum Gasteiger partial charge on any atom is 0.261 e. The lowest BCUT2D eigenvalue weighted by molar-refractivity contribution is -0.137. The van der Waals surface area contributed by atoms with Crippen molar-refractivity contribution < 1.29 is 24.6 Å². The van der Waals surface area contributed by atoms with Crippen LogP contribution in [0.5, 0.6) is 0 Å². The SMILES string of the molecule is C[C@@H](/C=C/CC(=O)N1CCC[C@H]1CO)[C@]1(O)C(=O)Nc2ccc(NC(=O)Cc3c[nH]c4ccccc34)cc21. The number of H-pyrrole nitrogens is 1. The summed E-state index contributed by atoms with van der Waals surface area (Å²) in [6.45, 7) is 2.29. The van der Waals surface area contributed by atoms with Crippen molar-refractivity contribution in [3.63, 3.8) is 0 Å². The minimum absolute atomic E-state index is 0.0524. The van der Waals surface area contributed by atoms with Gasteiger partial charge in [-0.05, 0) is 42.7 Å². The number of aromatic nitrogens is 1. The highest BCUT2D eigenvalue weighted by molar-refractivity contribution is 6.06. The van der Waals surface area contributed by atoms with Crippen LogP contribution in [0.1, 0.15) is 37.3 Å². The third-order valence-electron chi connectivity index (χ3n) is 7.62. The van der Waals surface area contributed by atoms with Crippen molar-refractivity contribution in [2.45, 2.75) is 44.2 Å². The van der Waals surface area contributed by atoms with Gasteiger partial charge >= 0.3 is 0 Å². The first kappa shape index (κ1) is 25.7. The van der Waals surface area contributed by atoms with Crippen LogP contribution in [0.15, 0.2) is 60.8 Å². The largest absolute Gasteiger partial charge is 0.394 e. The van der Waals surface area contributed by atoms with Gasteiger partial charge in [-0.1, -0.05) is 37.3 Å². The molecule has 5 rings (SSSR count). The lowest BCUT2D eigenvalue weighted by Crippen LogP contribution is -2.40. The maximum absolute atomic E-state index is 12.9. The molecule has 198 valence electrons. The molecule has 0 saturated carbocycles. The van der Waals surface area contributed by atoms with E-state index in [2.05, 4.69) is 15.6 Å². The zero-order chi connectivity index (χ0) is 26.9. The quantitative estimate of drug-likeness (QED) is 0.293. The van der Waals surface area contributed by atoms with Crippen LogP contribution in [0.25, 0.3) is 10.9 Å². The second-order valence-corrected chi connectivity index (χ2v) is 10.1. The average molecular weight is 517 g/mol. The summed E-state index contributed by atoms with van der Waals surface area (Å²) >= 11 is 0. The first-order chi connectivity index (χ1) is 18.3. The Morgan fingerprint density at radius 2 is 2.08 bits per heavy atom.